The fraction of sp³-hybridized carbons (Fsp3) is 0. The maximum atomic E-state index is 12.3. The second-order valence-corrected chi connectivity index (χ2v) is 7.27. The Morgan fingerprint density at radius 2 is 1.80 bits per heavy atom. The van der Waals surface area contributed by atoms with Gasteiger partial charge in [-0.2, -0.15) is 0 Å². The summed E-state index contributed by atoms with van der Waals surface area (Å²) in [4.78, 5) is 0.0218. The van der Waals surface area contributed by atoms with Crippen LogP contribution in [0.3, 0.4) is 0 Å². The Morgan fingerprint density at radius 3 is 2.50 bits per heavy atom. The van der Waals surface area contributed by atoms with E-state index in [0.29, 0.717) is 15.2 Å². The van der Waals surface area contributed by atoms with Crippen LogP contribution in [0.2, 0.25) is 10.0 Å². The van der Waals surface area contributed by atoms with Crippen LogP contribution in [0, 0.1) is 0 Å². The molecule has 106 valence electrons. The maximum absolute atomic E-state index is 12.3. The molecule has 0 fully saturated rings. The van der Waals surface area contributed by atoms with Gasteiger partial charge in [-0.1, -0.05) is 23.2 Å². The van der Waals surface area contributed by atoms with Crippen LogP contribution in [0.1, 0.15) is 0 Å². The van der Waals surface area contributed by atoms with Crippen LogP contribution in [0.5, 0.6) is 0 Å². The molecule has 8 heteroatoms. The molecule has 0 saturated heterocycles. The molecule has 0 aromatic heterocycles. The number of hydrogen-bond donors (Lipinski definition) is 2. The average molecular weight is 396 g/mol. The zero-order chi connectivity index (χ0) is 14.9. The molecule has 0 saturated carbocycles. The van der Waals surface area contributed by atoms with E-state index in [4.69, 9.17) is 28.9 Å². The maximum Gasteiger partial charge on any atom is 0.263 e. The summed E-state index contributed by atoms with van der Waals surface area (Å²) in [5.41, 5.74) is 6.15. The third-order valence-corrected chi connectivity index (χ3v) is 5.34. The summed E-state index contributed by atoms with van der Waals surface area (Å²) >= 11 is 14.9. The number of nitrogens with two attached hydrogens (primary N) is 1. The Balaban J connectivity index is 2.46. The number of anilines is 2. The highest BCUT2D eigenvalue weighted by atomic mass is 79.9. The lowest BCUT2D eigenvalue weighted by molar-refractivity contribution is 0.601. The molecule has 0 spiro atoms. The molecule has 2 aromatic carbocycles. The summed E-state index contributed by atoms with van der Waals surface area (Å²) in [5.74, 6) is 0. The number of rotatable bonds is 3. The summed E-state index contributed by atoms with van der Waals surface area (Å²) in [7, 11) is -3.83. The first-order valence-corrected chi connectivity index (χ1v) is 8.36. The van der Waals surface area contributed by atoms with Gasteiger partial charge in [0.25, 0.3) is 10.0 Å². The second-order valence-electron chi connectivity index (χ2n) is 3.92. The van der Waals surface area contributed by atoms with Crippen LogP contribution in [-0.4, -0.2) is 8.42 Å². The minimum absolute atomic E-state index is 0.0218. The van der Waals surface area contributed by atoms with Crippen LogP contribution in [0.15, 0.2) is 45.8 Å². The van der Waals surface area contributed by atoms with Gasteiger partial charge in [0, 0.05) is 15.2 Å². The zero-order valence-electron chi connectivity index (χ0n) is 9.90. The van der Waals surface area contributed by atoms with E-state index in [1.165, 1.54) is 18.2 Å². The van der Waals surface area contributed by atoms with Gasteiger partial charge in [0.1, 0.15) is 4.90 Å². The number of nitrogens with one attached hydrogen (secondary N) is 1. The summed E-state index contributed by atoms with van der Waals surface area (Å²) in [5, 5.41) is 0.622. The zero-order valence-corrected chi connectivity index (χ0v) is 13.8. The van der Waals surface area contributed by atoms with Gasteiger partial charge in [0.15, 0.2) is 0 Å². The van der Waals surface area contributed by atoms with E-state index < -0.39 is 10.0 Å². The van der Waals surface area contributed by atoms with Gasteiger partial charge in [-0.3, -0.25) is 4.72 Å². The van der Waals surface area contributed by atoms with Crippen molar-refractivity contribution in [2.75, 3.05) is 10.5 Å². The molecule has 0 aliphatic carbocycles. The summed E-state index contributed by atoms with van der Waals surface area (Å²) < 4.78 is 27.5. The van der Waals surface area contributed by atoms with Crippen LogP contribution >= 0.6 is 39.1 Å². The first-order valence-electron chi connectivity index (χ1n) is 5.32. The molecule has 0 unspecified atom stereocenters. The van der Waals surface area contributed by atoms with E-state index >= 15 is 0 Å². The highest BCUT2D eigenvalue weighted by molar-refractivity contribution is 9.10. The monoisotopic (exact) mass is 394 g/mol. The molecule has 0 heterocycles. The van der Waals surface area contributed by atoms with Crippen molar-refractivity contribution in [1.29, 1.82) is 0 Å². The largest absolute Gasteiger partial charge is 0.399 e. The van der Waals surface area contributed by atoms with Gasteiger partial charge in [-0.05, 0) is 52.3 Å². The highest BCUT2D eigenvalue weighted by Gasteiger charge is 2.19. The fourth-order valence-corrected chi connectivity index (χ4v) is 3.96. The molecular formula is C12H9BrCl2N2O2S. The minimum atomic E-state index is -3.83. The van der Waals surface area contributed by atoms with E-state index in [2.05, 4.69) is 20.7 Å². The molecule has 0 aliphatic heterocycles. The Labute approximate surface area is 135 Å². The number of halogens is 3. The average Bonchev–Trinajstić information content (AvgIpc) is 2.36. The van der Waals surface area contributed by atoms with Crippen molar-refractivity contribution in [2.45, 2.75) is 4.90 Å². The van der Waals surface area contributed by atoms with E-state index in [1.54, 1.807) is 18.2 Å². The smallest absolute Gasteiger partial charge is 0.263 e. The summed E-state index contributed by atoms with van der Waals surface area (Å²) in [6.07, 6.45) is 0. The molecule has 4 nitrogen and oxygen atoms in total. The Bertz CT molecular complexity index is 766. The normalized spacial score (nSPS) is 11.3. The second kappa shape index (κ2) is 5.81. The van der Waals surface area contributed by atoms with Crippen molar-refractivity contribution in [3.05, 3.63) is 50.9 Å². The SMILES string of the molecule is Nc1ccc(Br)c(S(=O)(=O)Nc2cc(Cl)ccc2Cl)c1. The molecule has 0 amide bonds. The van der Waals surface area contributed by atoms with E-state index in [0.717, 1.165) is 0 Å². The van der Waals surface area contributed by atoms with E-state index in [1.807, 2.05) is 0 Å². The molecule has 3 N–H and O–H groups in total. The van der Waals surface area contributed by atoms with E-state index in [-0.39, 0.29) is 15.6 Å². The molecule has 0 bridgehead atoms. The van der Waals surface area contributed by atoms with Gasteiger partial charge in [0.2, 0.25) is 0 Å². The van der Waals surface area contributed by atoms with Crippen molar-refractivity contribution in [3.8, 4) is 0 Å². The van der Waals surface area contributed by atoms with Crippen molar-refractivity contribution < 1.29 is 8.42 Å². The summed E-state index contributed by atoms with van der Waals surface area (Å²) in [6, 6.07) is 9.01. The lowest BCUT2D eigenvalue weighted by Gasteiger charge is -2.11. The Hall–Kier alpha value is -0.950. The molecule has 0 radical (unpaired) electrons. The molecule has 2 rings (SSSR count). The highest BCUT2D eigenvalue weighted by Crippen LogP contribution is 2.30. The van der Waals surface area contributed by atoms with Crippen LogP contribution < -0.4 is 10.5 Å². The lowest BCUT2D eigenvalue weighted by atomic mass is 10.3. The van der Waals surface area contributed by atoms with E-state index in [9.17, 15) is 8.42 Å². The van der Waals surface area contributed by atoms with Crippen molar-refractivity contribution >= 4 is 60.5 Å². The third kappa shape index (κ3) is 3.38. The predicted octanol–water partition coefficient (Wildman–Crippen LogP) is 4.14. The molecule has 2 aromatic rings. The first kappa shape index (κ1) is 15.4. The number of nitrogen functional groups attached to an aromatic ring is 1. The minimum Gasteiger partial charge on any atom is -0.399 e. The quantitative estimate of drug-likeness (QED) is 0.767. The molecular weight excluding hydrogens is 387 g/mol. The van der Waals surface area contributed by atoms with Crippen molar-refractivity contribution in [3.63, 3.8) is 0 Å². The summed E-state index contributed by atoms with van der Waals surface area (Å²) in [6.45, 7) is 0. The topological polar surface area (TPSA) is 72.2 Å². The Kier molecular flexibility index (Phi) is 4.49. The van der Waals surface area contributed by atoms with Gasteiger partial charge >= 0.3 is 0 Å². The Morgan fingerprint density at radius 1 is 1.10 bits per heavy atom. The predicted molar refractivity (Wildman–Crippen MR) is 85.8 cm³/mol. The van der Waals surface area contributed by atoms with Crippen molar-refractivity contribution in [2.24, 2.45) is 0 Å². The van der Waals surface area contributed by atoms with Gasteiger partial charge < -0.3 is 5.73 Å². The third-order valence-electron chi connectivity index (χ3n) is 2.42. The number of hydrogen-bond acceptors (Lipinski definition) is 3. The van der Waals surface area contributed by atoms with Gasteiger partial charge in [-0.25, -0.2) is 8.42 Å². The first-order chi connectivity index (χ1) is 9.29. The molecule has 0 aliphatic rings. The standard InChI is InChI=1S/C12H9BrCl2N2O2S/c13-9-3-2-8(16)6-12(9)20(18,19)17-11-5-7(14)1-4-10(11)15/h1-6,17H,16H2. The molecule has 20 heavy (non-hydrogen) atoms. The van der Waals surface area contributed by atoms with Crippen LogP contribution in [0.4, 0.5) is 11.4 Å². The lowest BCUT2D eigenvalue weighted by Crippen LogP contribution is -2.14. The molecule has 0 atom stereocenters. The number of sulfonamides is 1. The fourth-order valence-electron chi connectivity index (χ4n) is 1.50. The number of benzene rings is 2. The van der Waals surface area contributed by atoms with Gasteiger partial charge in [0.05, 0.1) is 10.7 Å². The van der Waals surface area contributed by atoms with Crippen LogP contribution in [0.25, 0.3) is 0 Å². The van der Waals surface area contributed by atoms with Crippen LogP contribution in [-0.2, 0) is 10.0 Å². The van der Waals surface area contributed by atoms with Gasteiger partial charge in [-0.15, -0.1) is 0 Å². The van der Waals surface area contributed by atoms with Crippen molar-refractivity contribution in [1.82, 2.24) is 0 Å².